The van der Waals surface area contributed by atoms with Crippen LogP contribution in [0, 0.1) is 0 Å². The predicted molar refractivity (Wildman–Crippen MR) is 38.4 cm³/mol. The second kappa shape index (κ2) is 3.53. The van der Waals surface area contributed by atoms with Crippen LogP contribution in [0.15, 0.2) is 0 Å². The zero-order valence-corrected chi connectivity index (χ0v) is 6.53. The zero-order valence-electron chi connectivity index (χ0n) is 6.53. The van der Waals surface area contributed by atoms with Gasteiger partial charge in [-0.3, -0.25) is 4.79 Å². The van der Waals surface area contributed by atoms with Gasteiger partial charge < -0.3 is 15.7 Å². The third-order valence-corrected chi connectivity index (χ3v) is 1.19. The largest absolute Gasteiger partial charge is 0.382 e. The lowest BCUT2D eigenvalue weighted by Crippen LogP contribution is -2.44. The van der Waals surface area contributed by atoms with Crippen LogP contribution in [-0.4, -0.2) is 42.2 Å². The summed E-state index contributed by atoms with van der Waals surface area (Å²) in [4.78, 5) is 12.2. The van der Waals surface area contributed by atoms with Crippen molar-refractivity contribution in [3.63, 3.8) is 0 Å². The quantitative estimate of drug-likeness (QED) is 0.513. The lowest BCUT2D eigenvalue weighted by atomic mass is 10.2. The average Bonchev–Trinajstić information content (AvgIpc) is 1.84. The molecule has 0 radical (unpaired) electrons. The minimum Gasteiger partial charge on any atom is -0.382 e. The summed E-state index contributed by atoms with van der Waals surface area (Å²) < 4.78 is 0. The molecule has 0 aliphatic carbocycles. The maximum atomic E-state index is 10.9. The van der Waals surface area contributed by atoms with Crippen LogP contribution in [0.2, 0.25) is 0 Å². The van der Waals surface area contributed by atoms with E-state index in [4.69, 9.17) is 10.8 Å². The van der Waals surface area contributed by atoms with E-state index in [1.807, 2.05) is 0 Å². The highest BCUT2D eigenvalue weighted by Crippen LogP contribution is 1.92. The van der Waals surface area contributed by atoms with Crippen LogP contribution >= 0.6 is 0 Å². The van der Waals surface area contributed by atoms with Crippen molar-refractivity contribution >= 4 is 5.91 Å². The maximum absolute atomic E-state index is 10.9. The first kappa shape index (κ1) is 9.39. The second-order valence-electron chi connectivity index (χ2n) is 2.54. The van der Waals surface area contributed by atoms with Gasteiger partial charge in [-0.05, 0) is 6.92 Å². The Labute approximate surface area is 60.6 Å². The number of nitrogens with two attached hydrogens (primary N) is 1. The van der Waals surface area contributed by atoms with Crippen molar-refractivity contribution in [3.05, 3.63) is 0 Å². The van der Waals surface area contributed by atoms with Gasteiger partial charge in [-0.15, -0.1) is 0 Å². The molecule has 3 N–H and O–H groups in total. The van der Waals surface area contributed by atoms with E-state index in [2.05, 4.69) is 0 Å². The summed E-state index contributed by atoms with van der Waals surface area (Å²) in [7, 11) is 3.15. The Morgan fingerprint density at radius 2 is 2.00 bits per heavy atom. The molecule has 0 saturated heterocycles. The van der Waals surface area contributed by atoms with Crippen molar-refractivity contribution in [2.24, 2.45) is 5.73 Å². The standard InChI is InChI=1S/C6H14N2O2/c1-4(7)5(9)6(10)8(2)3/h4-5,9H,7H2,1-3H3. The summed E-state index contributed by atoms with van der Waals surface area (Å²) in [5.74, 6) is -0.352. The SMILES string of the molecule is CC(N)C(O)C(=O)N(C)C. The minimum atomic E-state index is -1.07. The molecule has 4 heteroatoms. The van der Waals surface area contributed by atoms with E-state index >= 15 is 0 Å². The molecule has 1 amide bonds. The van der Waals surface area contributed by atoms with E-state index < -0.39 is 12.1 Å². The van der Waals surface area contributed by atoms with E-state index in [1.54, 1.807) is 21.0 Å². The highest BCUT2D eigenvalue weighted by molar-refractivity contribution is 5.80. The molecular weight excluding hydrogens is 132 g/mol. The molecule has 0 bridgehead atoms. The van der Waals surface area contributed by atoms with Crippen molar-refractivity contribution in [2.75, 3.05) is 14.1 Å². The van der Waals surface area contributed by atoms with E-state index in [1.165, 1.54) is 4.90 Å². The molecule has 2 unspecified atom stereocenters. The Morgan fingerprint density at radius 3 is 2.10 bits per heavy atom. The number of carbonyl (C=O) groups excluding carboxylic acids is 1. The maximum Gasteiger partial charge on any atom is 0.252 e. The number of amides is 1. The zero-order chi connectivity index (χ0) is 8.31. The highest BCUT2D eigenvalue weighted by Gasteiger charge is 2.20. The number of aliphatic hydroxyl groups is 1. The molecule has 10 heavy (non-hydrogen) atoms. The van der Waals surface area contributed by atoms with Gasteiger partial charge in [0.05, 0.1) is 0 Å². The topological polar surface area (TPSA) is 66.6 Å². The summed E-state index contributed by atoms with van der Waals surface area (Å²) in [6, 6.07) is -0.505. The molecule has 0 aliphatic rings. The molecule has 2 atom stereocenters. The Hall–Kier alpha value is -0.610. The minimum absolute atomic E-state index is 0.352. The smallest absolute Gasteiger partial charge is 0.252 e. The fourth-order valence-electron chi connectivity index (χ4n) is 0.489. The molecule has 0 aromatic rings. The Bertz CT molecular complexity index is 123. The van der Waals surface area contributed by atoms with E-state index in [0.717, 1.165) is 0 Å². The van der Waals surface area contributed by atoms with Gasteiger partial charge in [0.15, 0.2) is 0 Å². The van der Waals surface area contributed by atoms with Crippen molar-refractivity contribution in [1.29, 1.82) is 0 Å². The van der Waals surface area contributed by atoms with Crippen LogP contribution in [0.3, 0.4) is 0 Å². The molecule has 0 rings (SSSR count). The van der Waals surface area contributed by atoms with Gasteiger partial charge in [-0.1, -0.05) is 0 Å². The molecule has 0 saturated carbocycles. The number of hydrogen-bond acceptors (Lipinski definition) is 3. The third kappa shape index (κ3) is 2.33. The van der Waals surface area contributed by atoms with Gasteiger partial charge in [0.25, 0.3) is 5.91 Å². The fraction of sp³-hybridized carbons (Fsp3) is 0.833. The molecule has 0 fully saturated rings. The van der Waals surface area contributed by atoms with Gasteiger partial charge >= 0.3 is 0 Å². The molecule has 0 heterocycles. The normalized spacial score (nSPS) is 16.1. The Kier molecular flexibility index (Phi) is 3.32. The molecule has 0 aromatic heterocycles. The van der Waals surface area contributed by atoms with Crippen LogP contribution in [0.4, 0.5) is 0 Å². The summed E-state index contributed by atoms with van der Waals surface area (Å²) in [5.41, 5.74) is 5.28. The first-order chi connectivity index (χ1) is 4.46. The number of likely N-dealkylation sites (N-methyl/N-ethyl adjacent to an activating group) is 1. The monoisotopic (exact) mass is 146 g/mol. The van der Waals surface area contributed by atoms with Gasteiger partial charge in [0.2, 0.25) is 0 Å². The first-order valence-corrected chi connectivity index (χ1v) is 3.11. The van der Waals surface area contributed by atoms with Crippen LogP contribution in [0.25, 0.3) is 0 Å². The lowest BCUT2D eigenvalue weighted by molar-refractivity contribution is -0.138. The van der Waals surface area contributed by atoms with Gasteiger partial charge in [0, 0.05) is 20.1 Å². The molecule has 0 spiro atoms. The number of rotatable bonds is 2. The fourth-order valence-corrected chi connectivity index (χ4v) is 0.489. The molecule has 0 aromatic carbocycles. The summed E-state index contributed by atoms with van der Waals surface area (Å²) >= 11 is 0. The predicted octanol–water partition coefficient (Wildman–Crippen LogP) is -1.22. The average molecular weight is 146 g/mol. The van der Waals surface area contributed by atoms with Crippen molar-refractivity contribution < 1.29 is 9.90 Å². The van der Waals surface area contributed by atoms with E-state index in [-0.39, 0.29) is 5.91 Å². The summed E-state index contributed by atoms with van der Waals surface area (Å²) in [6.45, 7) is 1.59. The number of aliphatic hydroxyl groups excluding tert-OH is 1. The van der Waals surface area contributed by atoms with E-state index in [9.17, 15) is 4.79 Å². The van der Waals surface area contributed by atoms with Crippen molar-refractivity contribution in [3.8, 4) is 0 Å². The third-order valence-electron chi connectivity index (χ3n) is 1.19. The highest BCUT2D eigenvalue weighted by atomic mass is 16.3. The summed E-state index contributed by atoms with van der Waals surface area (Å²) in [6.07, 6.45) is -1.07. The molecule has 4 nitrogen and oxygen atoms in total. The number of nitrogens with zero attached hydrogens (tertiary/aromatic N) is 1. The van der Waals surface area contributed by atoms with E-state index in [0.29, 0.717) is 0 Å². The van der Waals surface area contributed by atoms with Crippen LogP contribution in [0.1, 0.15) is 6.92 Å². The lowest BCUT2D eigenvalue weighted by Gasteiger charge is -2.17. The van der Waals surface area contributed by atoms with Crippen molar-refractivity contribution in [2.45, 2.75) is 19.1 Å². The molecular formula is C6H14N2O2. The van der Waals surface area contributed by atoms with Crippen molar-refractivity contribution in [1.82, 2.24) is 4.90 Å². The Balaban J connectivity index is 3.95. The van der Waals surface area contributed by atoms with Crippen LogP contribution in [0.5, 0.6) is 0 Å². The number of hydrogen-bond donors (Lipinski definition) is 2. The summed E-state index contributed by atoms with van der Waals surface area (Å²) in [5, 5.41) is 9.05. The molecule has 0 aliphatic heterocycles. The molecule has 60 valence electrons. The van der Waals surface area contributed by atoms with Crippen LogP contribution in [-0.2, 0) is 4.79 Å². The van der Waals surface area contributed by atoms with Gasteiger partial charge in [0.1, 0.15) is 6.10 Å². The van der Waals surface area contributed by atoms with Gasteiger partial charge in [-0.25, -0.2) is 0 Å². The number of carbonyl (C=O) groups is 1. The second-order valence-corrected chi connectivity index (χ2v) is 2.54. The van der Waals surface area contributed by atoms with Gasteiger partial charge in [-0.2, -0.15) is 0 Å². The van der Waals surface area contributed by atoms with Crippen LogP contribution < -0.4 is 5.73 Å². The Morgan fingerprint density at radius 1 is 1.60 bits per heavy atom. The first-order valence-electron chi connectivity index (χ1n) is 3.11.